The molecule has 0 saturated heterocycles. The molecule has 0 heterocycles. The van der Waals surface area contributed by atoms with Gasteiger partial charge in [0.15, 0.2) is 0 Å². The third-order valence-corrected chi connectivity index (χ3v) is 0. The second-order valence-corrected chi connectivity index (χ2v) is 39.1. The van der Waals surface area contributed by atoms with Crippen molar-refractivity contribution < 1.29 is 3.86 Å². The molecular formula is C6H18As2I3Ni. The molecule has 0 radical (unpaired) electrons. The first-order chi connectivity index (χ1) is 5.20. The Balaban J connectivity index is -0.000000101. The van der Waals surface area contributed by atoms with Gasteiger partial charge in [-0.3, -0.25) is 0 Å². The quantitative estimate of drug-likeness (QED) is 0.238. The molecule has 0 amide bonds. The number of halogens is 3. The minimum absolute atomic E-state index is 0.188. The predicted molar refractivity (Wildman–Crippen MR) is 88.8 cm³/mol. The Morgan fingerprint density at radius 2 is 0.667 bits per heavy atom. The van der Waals surface area contributed by atoms with E-state index in [1.807, 2.05) is 0 Å². The van der Waals surface area contributed by atoms with Gasteiger partial charge in [0.1, 0.15) is 0 Å². The number of hydrogen-bond donors (Lipinski definition) is 0. The monoisotopic (exact) mass is 679 g/mol. The average Bonchev–Trinajstić information content (AvgIpc) is 1.54. The summed E-state index contributed by atoms with van der Waals surface area (Å²) in [6, 6.07) is 0. The van der Waals surface area contributed by atoms with E-state index in [4.69, 9.17) is 0 Å². The molecule has 0 nitrogen and oxygen atoms in total. The Morgan fingerprint density at radius 1 is 0.667 bits per heavy atom. The maximum absolute atomic E-state index is 2.36. The third kappa shape index (κ3) is 157. The SMILES string of the molecule is C[As](C)C.C[As](C)C.[I][Ni]([I])[I]. The van der Waals surface area contributed by atoms with E-state index in [2.05, 4.69) is 95.7 Å². The van der Waals surface area contributed by atoms with E-state index in [1.165, 1.54) is 0 Å². The zero-order valence-corrected chi connectivity index (χ0v) is 19.6. The first-order valence-corrected chi connectivity index (χ1v) is 23.9. The molecule has 0 aromatic rings. The second kappa shape index (κ2) is 17.2. The first-order valence-electron chi connectivity index (χ1n) is 3.04. The molecular weight excluding hydrogens is 661 g/mol. The molecule has 0 fully saturated rings. The summed E-state index contributed by atoms with van der Waals surface area (Å²) in [5.74, 6) is 0. The summed E-state index contributed by atoms with van der Waals surface area (Å²) in [5, 5.41) is 0. The van der Waals surface area contributed by atoms with E-state index in [1.54, 1.807) is 0 Å². The maximum atomic E-state index is 2.36. The fraction of sp³-hybridized carbons (Fsp3) is 1.00. The molecule has 0 aliphatic carbocycles. The second-order valence-electron chi connectivity index (χ2n) is 2.82. The van der Waals surface area contributed by atoms with Crippen molar-refractivity contribution in [2.45, 2.75) is 34.3 Å². The molecule has 0 aliphatic rings. The van der Waals surface area contributed by atoms with Crippen molar-refractivity contribution in [1.29, 1.82) is 0 Å². The summed E-state index contributed by atoms with van der Waals surface area (Å²) in [4.78, 5) is 0. The molecule has 0 aromatic carbocycles. The zero-order chi connectivity index (χ0) is 10.7. The molecule has 0 unspecified atom stereocenters. The van der Waals surface area contributed by atoms with Crippen molar-refractivity contribution in [2.24, 2.45) is 0 Å². The van der Waals surface area contributed by atoms with Crippen LogP contribution < -0.4 is 0 Å². The van der Waals surface area contributed by atoms with Gasteiger partial charge >= 0.3 is 129 Å². The van der Waals surface area contributed by atoms with Crippen molar-refractivity contribution in [3.05, 3.63) is 0 Å². The van der Waals surface area contributed by atoms with Crippen LogP contribution >= 0.6 is 61.5 Å². The van der Waals surface area contributed by atoms with Crippen molar-refractivity contribution in [2.75, 3.05) is 0 Å². The molecule has 0 spiro atoms. The van der Waals surface area contributed by atoms with Gasteiger partial charge in [-0.1, -0.05) is 0 Å². The Labute approximate surface area is 126 Å². The van der Waals surface area contributed by atoms with Gasteiger partial charge in [-0.2, -0.15) is 0 Å². The Bertz CT molecular complexity index is 49.3. The van der Waals surface area contributed by atoms with Crippen LogP contribution in [-0.4, -0.2) is 29.3 Å². The summed E-state index contributed by atoms with van der Waals surface area (Å²) >= 11 is 6.70. The van der Waals surface area contributed by atoms with Gasteiger partial charge in [-0.05, 0) is 0 Å². The van der Waals surface area contributed by atoms with E-state index < -0.39 is 0 Å². The normalized spacial score (nSPS) is 9.75. The summed E-state index contributed by atoms with van der Waals surface area (Å²) in [5.41, 5.74) is 13.9. The van der Waals surface area contributed by atoms with Crippen molar-refractivity contribution in [3.8, 4) is 0 Å². The first kappa shape index (κ1) is 21.1. The standard InChI is InChI=1S/2C3H9As.3HI.Ni/c2*1-4(2)3;;;;/h2*1-3H3;3*1H;/q;;;;;+3/p-3. The molecule has 0 saturated carbocycles. The van der Waals surface area contributed by atoms with E-state index in [0.29, 0.717) is 3.86 Å². The predicted octanol–water partition coefficient (Wildman–Crippen LogP) is 5.40. The van der Waals surface area contributed by atoms with E-state index in [9.17, 15) is 0 Å². The minimum atomic E-state index is -0.188. The third-order valence-electron chi connectivity index (χ3n) is 0. The fourth-order valence-electron chi connectivity index (χ4n) is 0. The molecule has 6 heteroatoms. The Hall–Kier alpha value is 3.80. The van der Waals surface area contributed by atoms with Gasteiger partial charge in [0.25, 0.3) is 0 Å². The van der Waals surface area contributed by atoms with Crippen molar-refractivity contribution >= 4 is 90.8 Å². The van der Waals surface area contributed by atoms with Crippen LogP contribution in [0.25, 0.3) is 0 Å². The number of hydrogen-bond acceptors (Lipinski definition) is 0. The van der Waals surface area contributed by atoms with Gasteiger partial charge < -0.3 is 0 Å². The molecule has 0 N–H and O–H groups in total. The Morgan fingerprint density at radius 3 is 0.667 bits per heavy atom. The van der Waals surface area contributed by atoms with Crippen molar-refractivity contribution in [1.82, 2.24) is 0 Å². The molecule has 0 aromatic heterocycles. The molecule has 0 rings (SSSR count). The molecule has 83 valence electrons. The van der Waals surface area contributed by atoms with Crippen LogP contribution in [0.3, 0.4) is 0 Å². The molecule has 0 atom stereocenters. The average molecular weight is 679 g/mol. The van der Waals surface area contributed by atoms with Gasteiger partial charge in [0.2, 0.25) is 0 Å². The number of rotatable bonds is 0. The van der Waals surface area contributed by atoms with Crippen LogP contribution in [0.1, 0.15) is 0 Å². The van der Waals surface area contributed by atoms with Crippen molar-refractivity contribution in [3.63, 3.8) is 0 Å². The van der Waals surface area contributed by atoms with Gasteiger partial charge in [-0.15, -0.1) is 0 Å². The van der Waals surface area contributed by atoms with E-state index >= 15 is 0 Å². The van der Waals surface area contributed by atoms with Crippen LogP contribution in [0.4, 0.5) is 0 Å². The van der Waals surface area contributed by atoms with E-state index in [0.717, 1.165) is 0 Å². The fourth-order valence-corrected chi connectivity index (χ4v) is 0. The van der Waals surface area contributed by atoms with Crippen LogP contribution in [0.15, 0.2) is 0 Å². The Kier molecular flexibility index (Phi) is 30.3. The van der Waals surface area contributed by atoms with Gasteiger partial charge in [-0.25, -0.2) is 0 Å². The topological polar surface area (TPSA) is 0 Å². The summed E-state index contributed by atoms with van der Waals surface area (Å²) < 4.78 is 0.452. The zero-order valence-electron chi connectivity index (χ0n) is 8.34. The van der Waals surface area contributed by atoms with Gasteiger partial charge in [0, 0.05) is 0 Å². The summed E-state index contributed by atoms with van der Waals surface area (Å²) in [6.45, 7) is 0. The van der Waals surface area contributed by atoms with Crippen LogP contribution in [0.2, 0.25) is 34.3 Å². The van der Waals surface area contributed by atoms with E-state index in [-0.39, 0.29) is 29.3 Å². The van der Waals surface area contributed by atoms with Crippen LogP contribution in [0, 0.1) is 0 Å². The van der Waals surface area contributed by atoms with Gasteiger partial charge in [0.05, 0.1) is 0 Å². The molecule has 0 aliphatic heterocycles. The van der Waals surface area contributed by atoms with Crippen LogP contribution in [-0.2, 0) is 3.86 Å². The summed E-state index contributed by atoms with van der Waals surface area (Å²) in [6.07, 6.45) is 0. The molecule has 0 bridgehead atoms. The summed E-state index contributed by atoms with van der Waals surface area (Å²) in [7, 11) is 0. The molecule has 12 heavy (non-hydrogen) atoms. The van der Waals surface area contributed by atoms with Crippen LogP contribution in [0.5, 0.6) is 0 Å².